The molecule has 0 aliphatic heterocycles. The lowest BCUT2D eigenvalue weighted by Crippen LogP contribution is -2.20. The molecule has 0 radical (unpaired) electrons. The van der Waals surface area contributed by atoms with E-state index in [1.54, 1.807) is 24.3 Å². The molecule has 1 aromatic heterocycles. The van der Waals surface area contributed by atoms with Crippen LogP contribution < -0.4 is 15.4 Å². The number of nitro benzene ring substituents is 1. The van der Waals surface area contributed by atoms with Crippen molar-refractivity contribution >= 4 is 28.9 Å². The zero-order valence-corrected chi connectivity index (χ0v) is 14.6. The van der Waals surface area contributed by atoms with Crippen LogP contribution in [0.2, 0.25) is 0 Å². The molecule has 0 aliphatic carbocycles. The number of benzene rings is 2. The number of anilines is 2. The summed E-state index contributed by atoms with van der Waals surface area (Å²) in [6.07, 6.45) is 1.23. The number of aromatic amines is 1. The average Bonchev–Trinajstić information content (AvgIpc) is 3.19. The molecule has 0 bridgehead atoms. The van der Waals surface area contributed by atoms with Crippen LogP contribution in [-0.4, -0.2) is 33.8 Å². The van der Waals surface area contributed by atoms with Gasteiger partial charge in [-0.15, -0.1) is 0 Å². The Bertz CT molecular complexity index is 1010. The quantitative estimate of drug-likeness (QED) is 0.443. The number of aromatic nitrogens is 2. The minimum absolute atomic E-state index is 0.0376. The third kappa shape index (κ3) is 4.12. The van der Waals surface area contributed by atoms with Gasteiger partial charge in [0.1, 0.15) is 11.4 Å². The van der Waals surface area contributed by atoms with E-state index >= 15 is 0 Å². The highest BCUT2D eigenvalue weighted by molar-refractivity contribution is 6.13. The van der Waals surface area contributed by atoms with Gasteiger partial charge in [-0.25, -0.2) is 4.98 Å². The first-order chi connectivity index (χ1) is 13.5. The van der Waals surface area contributed by atoms with Crippen LogP contribution in [0, 0.1) is 10.1 Å². The maximum Gasteiger partial charge on any atom is 0.276 e. The zero-order valence-electron chi connectivity index (χ0n) is 14.6. The molecule has 0 spiro atoms. The summed E-state index contributed by atoms with van der Waals surface area (Å²) in [6, 6.07) is 12.0. The van der Waals surface area contributed by atoms with E-state index in [-0.39, 0.29) is 17.1 Å². The van der Waals surface area contributed by atoms with Crippen LogP contribution in [-0.2, 0) is 0 Å². The number of hydrogen-bond acceptors (Lipinski definition) is 6. The third-order valence-electron chi connectivity index (χ3n) is 3.77. The van der Waals surface area contributed by atoms with Gasteiger partial charge in [0.05, 0.1) is 18.4 Å². The molecule has 0 fully saturated rings. The van der Waals surface area contributed by atoms with E-state index in [2.05, 4.69) is 20.6 Å². The number of nitrogens with zero attached hydrogens (tertiary/aromatic N) is 2. The highest BCUT2D eigenvalue weighted by Gasteiger charge is 2.21. The number of carbonyl (C=O) groups is 2. The summed E-state index contributed by atoms with van der Waals surface area (Å²) in [5, 5.41) is 15.9. The zero-order chi connectivity index (χ0) is 20.1. The Balaban J connectivity index is 1.71. The fraction of sp³-hybridized carbons (Fsp3) is 0.0556. The van der Waals surface area contributed by atoms with E-state index in [0.29, 0.717) is 17.1 Å². The number of imidazole rings is 1. The summed E-state index contributed by atoms with van der Waals surface area (Å²) in [5.41, 5.74) is 0.626. The third-order valence-corrected chi connectivity index (χ3v) is 3.77. The van der Waals surface area contributed by atoms with Gasteiger partial charge >= 0.3 is 0 Å². The number of hydrogen-bond donors (Lipinski definition) is 3. The maximum absolute atomic E-state index is 12.4. The molecule has 142 valence electrons. The summed E-state index contributed by atoms with van der Waals surface area (Å²) in [5.74, 6) is -0.535. The number of carbonyl (C=O) groups excluding carboxylic acids is 2. The molecule has 1 heterocycles. The predicted octanol–water partition coefficient (Wildman–Crippen LogP) is 2.83. The van der Waals surface area contributed by atoms with Gasteiger partial charge in [0.25, 0.3) is 17.5 Å². The molecular formula is C18H15N5O5. The molecule has 0 aliphatic rings. The largest absolute Gasteiger partial charge is 0.497 e. The Morgan fingerprint density at radius 2 is 1.57 bits per heavy atom. The van der Waals surface area contributed by atoms with E-state index < -0.39 is 16.7 Å². The molecule has 10 nitrogen and oxygen atoms in total. The fourth-order valence-corrected chi connectivity index (χ4v) is 2.36. The highest BCUT2D eigenvalue weighted by atomic mass is 16.6. The number of nitro groups is 1. The average molecular weight is 381 g/mol. The Morgan fingerprint density at radius 1 is 1.00 bits per heavy atom. The number of rotatable bonds is 6. The summed E-state index contributed by atoms with van der Waals surface area (Å²) >= 11 is 0. The first-order valence-corrected chi connectivity index (χ1v) is 8.02. The van der Waals surface area contributed by atoms with Crippen molar-refractivity contribution in [3.05, 3.63) is 76.4 Å². The number of methoxy groups -OCH3 is 1. The van der Waals surface area contributed by atoms with Crippen molar-refractivity contribution in [2.45, 2.75) is 0 Å². The van der Waals surface area contributed by atoms with Crippen LogP contribution in [0.15, 0.2) is 54.9 Å². The second-order valence-corrected chi connectivity index (χ2v) is 5.57. The second-order valence-electron chi connectivity index (χ2n) is 5.57. The molecular weight excluding hydrogens is 366 g/mol. The van der Waals surface area contributed by atoms with E-state index in [4.69, 9.17) is 4.74 Å². The minimum atomic E-state index is -0.605. The molecule has 0 atom stereocenters. The molecule has 3 aromatic rings. The van der Waals surface area contributed by atoms with E-state index in [1.807, 2.05) is 0 Å². The molecule has 2 amide bonds. The molecule has 10 heteroatoms. The SMILES string of the molecule is COc1ccc(NC(=O)c2nc[nH]c2C(=O)Nc2ccc([N+](=O)[O-])cc2)cc1. The van der Waals surface area contributed by atoms with Crippen molar-refractivity contribution in [1.29, 1.82) is 0 Å². The van der Waals surface area contributed by atoms with Crippen molar-refractivity contribution in [1.82, 2.24) is 9.97 Å². The summed E-state index contributed by atoms with van der Waals surface area (Å²) < 4.78 is 5.05. The van der Waals surface area contributed by atoms with E-state index in [0.717, 1.165) is 0 Å². The van der Waals surface area contributed by atoms with Crippen LogP contribution in [0.3, 0.4) is 0 Å². The van der Waals surface area contributed by atoms with Crippen LogP contribution in [0.1, 0.15) is 21.0 Å². The van der Waals surface area contributed by atoms with Crippen LogP contribution >= 0.6 is 0 Å². The maximum atomic E-state index is 12.4. The van der Waals surface area contributed by atoms with Crippen LogP contribution in [0.4, 0.5) is 17.1 Å². The van der Waals surface area contributed by atoms with Crippen LogP contribution in [0.25, 0.3) is 0 Å². The number of H-pyrrole nitrogens is 1. The lowest BCUT2D eigenvalue weighted by atomic mass is 10.2. The molecule has 28 heavy (non-hydrogen) atoms. The first-order valence-electron chi connectivity index (χ1n) is 8.02. The van der Waals surface area contributed by atoms with Gasteiger partial charge < -0.3 is 20.4 Å². The van der Waals surface area contributed by atoms with Gasteiger partial charge in [-0.3, -0.25) is 19.7 Å². The molecule has 0 saturated carbocycles. The molecule has 0 saturated heterocycles. The topological polar surface area (TPSA) is 139 Å². The second kappa shape index (κ2) is 7.99. The summed E-state index contributed by atoms with van der Waals surface area (Å²) in [7, 11) is 1.53. The van der Waals surface area contributed by atoms with Crippen molar-refractivity contribution in [2.24, 2.45) is 0 Å². The highest BCUT2D eigenvalue weighted by Crippen LogP contribution is 2.18. The standard InChI is InChI=1S/C18H15N5O5/c1-28-14-8-4-12(5-9-14)22-18(25)16-15(19-10-20-16)17(24)21-11-2-6-13(7-3-11)23(26)27/h2-10H,1H3,(H,19,20)(H,21,24)(H,22,25). The van der Waals surface area contributed by atoms with E-state index in [9.17, 15) is 19.7 Å². The minimum Gasteiger partial charge on any atom is -0.497 e. The Labute approximate surface area is 158 Å². The van der Waals surface area contributed by atoms with E-state index in [1.165, 1.54) is 37.7 Å². The number of amides is 2. The van der Waals surface area contributed by atoms with Crippen LogP contribution in [0.5, 0.6) is 5.75 Å². The lowest BCUT2D eigenvalue weighted by molar-refractivity contribution is -0.384. The molecule has 3 rings (SSSR count). The van der Waals surface area contributed by atoms with Crippen molar-refractivity contribution in [2.75, 3.05) is 17.7 Å². The Morgan fingerprint density at radius 3 is 2.14 bits per heavy atom. The van der Waals surface area contributed by atoms with Gasteiger partial charge in [-0.05, 0) is 36.4 Å². The van der Waals surface area contributed by atoms with Gasteiger partial charge in [0.2, 0.25) is 0 Å². The fourth-order valence-electron chi connectivity index (χ4n) is 2.36. The van der Waals surface area contributed by atoms with Crippen molar-refractivity contribution < 1.29 is 19.2 Å². The number of ether oxygens (including phenoxy) is 1. The van der Waals surface area contributed by atoms with Crippen molar-refractivity contribution in [3.63, 3.8) is 0 Å². The number of nitrogens with one attached hydrogen (secondary N) is 3. The summed E-state index contributed by atoms with van der Waals surface area (Å²) in [4.78, 5) is 41.6. The smallest absolute Gasteiger partial charge is 0.276 e. The Hall–Kier alpha value is -4.21. The molecule has 3 N–H and O–H groups in total. The normalized spacial score (nSPS) is 10.2. The van der Waals surface area contributed by atoms with Gasteiger partial charge in [0, 0.05) is 23.5 Å². The molecule has 2 aromatic carbocycles. The Kier molecular flexibility index (Phi) is 5.30. The van der Waals surface area contributed by atoms with Gasteiger partial charge in [-0.1, -0.05) is 0 Å². The lowest BCUT2D eigenvalue weighted by Gasteiger charge is -2.07. The first kappa shape index (κ1) is 18.6. The summed E-state index contributed by atoms with van der Waals surface area (Å²) in [6.45, 7) is 0. The van der Waals surface area contributed by atoms with Gasteiger partial charge in [0.15, 0.2) is 5.69 Å². The van der Waals surface area contributed by atoms with Gasteiger partial charge in [-0.2, -0.15) is 0 Å². The number of non-ortho nitro benzene ring substituents is 1. The predicted molar refractivity (Wildman–Crippen MR) is 101 cm³/mol. The van der Waals surface area contributed by atoms with Crippen molar-refractivity contribution in [3.8, 4) is 5.75 Å². The monoisotopic (exact) mass is 381 g/mol. The molecule has 0 unspecified atom stereocenters.